The van der Waals surface area contributed by atoms with Crippen LogP contribution in [0, 0.1) is 0 Å². The number of unbranched alkanes of at least 4 members (excludes halogenated alkanes) is 1. The maximum Gasteiger partial charge on any atom is 0.251 e. The van der Waals surface area contributed by atoms with Gasteiger partial charge in [-0.2, -0.15) is 0 Å². The van der Waals surface area contributed by atoms with Crippen molar-refractivity contribution in [2.75, 3.05) is 26.2 Å². The molecule has 0 spiro atoms. The van der Waals surface area contributed by atoms with Gasteiger partial charge < -0.3 is 21.1 Å². The fourth-order valence-corrected chi connectivity index (χ4v) is 1.95. The molecule has 0 saturated heterocycles. The van der Waals surface area contributed by atoms with Crippen molar-refractivity contribution in [2.24, 2.45) is 4.99 Å². The van der Waals surface area contributed by atoms with E-state index < -0.39 is 0 Å². The van der Waals surface area contributed by atoms with Gasteiger partial charge in [0.2, 0.25) is 0 Å². The van der Waals surface area contributed by atoms with Gasteiger partial charge in [0.25, 0.3) is 5.91 Å². The molecule has 1 aromatic rings. The van der Waals surface area contributed by atoms with Crippen LogP contribution < -0.4 is 16.0 Å². The van der Waals surface area contributed by atoms with Crippen LogP contribution in [-0.4, -0.2) is 43.2 Å². The number of nitrogens with one attached hydrogen (secondary N) is 3. The van der Waals surface area contributed by atoms with E-state index in [1.54, 1.807) is 18.2 Å². The predicted molar refractivity (Wildman–Crippen MR) is 93.9 cm³/mol. The summed E-state index contributed by atoms with van der Waals surface area (Å²) in [5.41, 5.74) is 0.461. The third kappa shape index (κ3) is 8.09. The summed E-state index contributed by atoms with van der Waals surface area (Å²) >= 11 is 0. The SMILES string of the molecule is CCCCNC(=NCCCNC(=O)c1cccc(O)c1)NCC. The van der Waals surface area contributed by atoms with Crippen molar-refractivity contribution in [3.63, 3.8) is 0 Å². The van der Waals surface area contributed by atoms with E-state index in [-0.39, 0.29) is 11.7 Å². The largest absolute Gasteiger partial charge is 0.508 e. The second kappa shape index (κ2) is 11.3. The van der Waals surface area contributed by atoms with Crippen LogP contribution >= 0.6 is 0 Å². The number of carbonyl (C=O) groups is 1. The molecule has 128 valence electrons. The van der Waals surface area contributed by atoms with Gasteiger partial charge in [-0.1, -0.05) is 19.4 Å². The van der Waals surface area contributed by atoms with Gasteiger partial charge >= 0.3 is 0 Å². The minimum Gasteiger partial charge on any atom is -0.508 e. The molecule has 0 bridgehead atoms. The Morgan fingerprint density at radius 1 is 1.13 bits per heavy atom. The highest BCUT2D eigenvalue weighted by atomic mass is 16.3. The van der Waals surface area contributed by atoms with Crippen LogP contribution in [0.3, 0.4) is 0 Å². The molecule has 0 aliphatic rings. The fraction of sp³-hybridized carbons (Fsp3) is 0.529. The molecule has 23 heavy (non-hydrogen) atoms. The number of hydrogen-bond acceptors (Lipinski definition) is 3. The summed E-state index contributed by atoms with van der Waals surface area (Å²) in [6.45, 7) is 7.12. The zero-order chi connectivity index (χ0) is 16.9. The Morgan fingerprint density at radius 3 is 2.61 bits per heavy atom. The molecule has 6 nitrogen and oxygen atoms in total. The fourth-order valence-electron chi connectivity index (χ4n) is 1.95. The molecule has 0 aliphatic heterocycles. The highest BCUT2D eigenvalue weighted by molar-refractivity contribution is 5.94. The first-order valence-corrected chi connectivity index (χ1v) is 8.26. The van der Waals surface area contributed by atoms with Gasteiger partial charge in [0.05, 0.1) is 0 Å². The highest BCUT2D eigenvalue weighted by Gasteiger charge is 2.04. The van der Waals surface area contributed by atoms with Gasteiger partial charge in [-0.15, -0.1) is 0 Å². The molecule has 4 N–H and O–H groups in total. The molecule has 1 aromatic carbocycles. The van der Waals surface area contributed by atoms with E-state index in [0.717, 1.165) is 38.3 Å². The Bertz CT molecular complexity index is 503. The summed E-state index contributed by atoms with van der Waals surface area (Å²) < 4.78 is 0. The average molecular weight is 320 g/mol. The number of aromatic hydroxyl groups is 1. The van der Waals surface area contributed by atoms with Gasteiger partial charge in [-0.05, 0) is 38.0 Å². The summed E-state index contributed by atoms with van der Waals surface area (Å²) in [7, 11) is 0. The van der Waals surface area contributed by atoms with Crippen molar-refractivity contribution in [3.8, 4) is 5.75 Å². The number of carbonyl (C=O) groups excluding carboxylic acids is 1. The van der Waals surface area contributed by atoms with Gasteiger partial charge in [0.1, 0.15) is 5.75 Å². The number of rotatable bonds is 9. The maximum atomic E-state index is 11.9. The number of phenols is 1. The van der Waals surface area contributed by atoms with Crippen LogP contribution in [0.1, 0.15) is 43.5 Å². The lowest BCUT2D eigenvalue weighted by molar-refractivity contribution is 0.0953. The molecule has 1 rings (SSSR count). The Morgan fingerprint density at radius 2 is 1.91 bits per heavy atom. The minimum atomic E-state index is -0.183. The van der Waals surface area contributed by atoms with Crippen LogP contribution in [0.5, 0.6) is 5.75 Å². The van der Waals surface area contributed by atoms with E-state index in [0.29, 0.717) is 18.7 Å². The van der Waals surface area contributed by atoms with Crippen LogP contribution in [0.25, 0.3) is 0 Å². The normalized spacial score (nSPS) is 11.1. The standard InChI is InChI=1S/C17H28N4O2/c1-3-5-10-20-17(18-4-2)21-12-7-11-19-16(23)14-8-6-9-15(22)13-14/h6,8-9,13,22H,3-5,7,10-12H2,1-2H3,(H,19,23)(H2,18,20,21). The van der Waals surface area contributed by atoms with Gasteiger partial charge in [0, 0.05) is 31.7 Å². The molecular formula is C17H28N4O2. The average Bonchev–Trinajstić information content (AvgIpc) is 2.54. The van der Waals surface area contributed by atoms with E-state index in [2.05, 4.69) is 27.9 Å². The lowest BCUT2D eigenvalue weighted by Crippen LogP contribution is -2.38. The molecule has 1 amide bonds. The highest BCUT2D eigenvalue weighted by Crippen LogP contribution is 2.10. The van der Waals surface area contributed by atoms with Crippen molar-refractivity contribution in [1.82, 2.24) is 16.0 Å². The number of aliphatic imine (C=N–C) groups is 1. The summed E-state index contributed by atoms with van der Waals surface area (Å²) in [4.78, 5) is 16.4. The van der Waals surface area contributed by atoms with Crippen molar-refractivity contribution in [2.45, 2.75) is 33.1 Å². The minimum absolute atomic E-state index is 0.0932. The third-order valence-electron chi connectivity index (χ3n) is 3.17. The number of amides is 1. The summed E-state index contributed by atoms with van der Waals surface area (Å²) in [5, 5.41) is 18.7. The van der Waals surface area contributed by atoms with Gasteiger partial charge in [-0.3, -0.25) is 9.79 Å². The first kappa shape index (κ1) is 18.8. The molecule has 0 aromatic heterocycles. The van der Waals surface area contributed by atoms with E-state index in [4.69, 9.17) is 0 Å². The zero-order valence-electron chi connectivity index (χ0n) is 14.1. The first-order chi connectivity index (χ1) is 11.2. The molecule has 6 heteroatoms. The molecule has 0 atom stereocenters. The molecule has 0 fully saturated rings. The maximum absolute atomic E-state index is 11.9. The summed E-state index contributed by atoms with van der Waals surface area (Å²) in [6.07, 6.45) is 3.02. The van der Waals surface area contributed by atoms with Crippen LogP contribution in [0.4, 0.5) is 0 Å². The van der Waals surface area contributed by atoms with Crippen LogP contribution in [0.2, 0.25) is 0 Å². The number of hydrogen-bond donors (Lipinski definition) is 4. The Hall–Kier alpha value is -2.24. The van der Waals surface area contributed by atoms with Crippen molar-refractivity contribution < 1.29 is 9.90 Å². The lowest BCUT2D eigenvalue weighted by Gasteiger charge is -2.10. The molecular weight excluding hydrogens is 292 g/mol. The topological polar surface area (TPSA) is 85.8 Å². The zero-order valence-corrected chi connectivity index (χ0v) is 14.1. The Balaban J connectivity index is 2.29. The van der Waals surface area contributed by atoms with Crippen molar-refractivity contribution >= 4 is 11.9 Å². The van der Waals surface area contributed by atoms with Crippen LogP contribution in [0.15, 0.2) is 29.3 Å². The van der Waals surface area contributed by atoms with Crippen molar-refractivity contribution in [1.29, 1.82) is 0 Å². The van der Waals surface area contributed by atoms with Crippen molar-refractivity contribution in [3.05, 3.63) is 29.8 Å². The number of guanidine groups is 1. The quantitative estimate of drug-likeness (QED) is 0.318. The number of phenolic OH excluding ortho intramolecular Hbond substituents is 1. The summed E-state index contributed by atoms with van der Waals surface area (Å²) in [6, 6.07) is 6.32. The van der Waals surface area contributed by atoms with Gasteiger partial charge in [0.15, 0.2) is 5.96 Å². The third-order valence-corrected chi connectivity index (χ3v) is 3.17. The predicted octanol–water partition coefficient (Wildman–Crippen LogP) is 1.87. The first-order valence-electron chi connectivity index (χ1n) is 8.26. The lowest BCUT2D eigenvalue weighted by atomic mass is 10.2. The second-order valence-corrected chi connectivity index (χ2v) is 5.20. The molecule has 0 heterocycles. The molecule has 0 radical (unpaired) electrons. The van der Waals surface area contributed by atoms with Crippen LogP contribution in [-0.2, 0) is 0 Å². The van der Waals surface area contributed by atoms with E-state index in [9.17, 15) is 9.90 Å². The molecule has 0 unspecified atom stereocenters. The van der Waals surface area contributed by atoms with E-state index in [1.807, 2.05) is 6.92 Å². The Labute approximate surface area is 138 Å². The second-order valence-electron chi connectivity index (χ2n) is 5.20. The number of benzene rings is 1. The van der Waals surface area contributed by atoms with Gasteiger partial charge in [-0.25, -0.2) is 0 Å². The molecule has 0 saturated carbocycles. The smallest absolute Gasteiger partial charge is 0.251 e. The van der Waals surface area contributed by atoms with E-state index in [1.165, 1.54) is 6.07 Å². The number of nitrogens with zero attached hydrogens (tertiary/aromatic N) is 1. The Kier molecular flexibility index (Phi) is 9.28. The molecule has 0 aliphatic carbocycles. The summed E-state index contributed by atoms with van der Waals surface area (Å²) in [5.74, 6) is 0.730. The monoisotopic (exact) mass is 320 g/mol. The van der Waals surface area contributed by atoms with E-state index >= 15 is 0 Å².